The Balaban J connectivity index is 1.70. The first-order valence-corrected chi connectivity index (χ1v) is 5.62. The highest BCUT2D eigenvalue weighted by Gasteiger charge is 2.27. The number of aliphatic hydroxyl groups is 1. The van der Waals surface area contributed by atoms with Crippen molar-refractivity contribution < 1.29 is 9.84 Å². The monoisotopic (exact) mass is 184 g/mol. The zero-order valence-corrected chi connectivity index (χ0v) is 8.24. The minimum absolute atomic E-state index is 0.0920. The smallest absolute Gasteiger partial charge is 0.0593 e. The Morgan fingerprint density at radius 1 is 1.23 bits per heavy atom. The lowest BCUT2D eigenvalue weighted by atomic mass is 9.78. The Labute approximate surface area is 80.3 Å². The van der Waals surface area contributed by atoms with E-state index >= 15 is 0 Å². The van der Waals surface area contributed by atoms with Crippen molar-refractivity contribution in [3.63, 3.8) is 0 Å². The molecule has 2 unspecified atom stereocenters. The first kappa shape index (κ1) is 9.47. The van der Waals surface area contributed by atoms with Crippen LogP contribution < -0.4 is 0 Å². The molecule has 0 spiro atoms. The predicted molar refractivity (Wildman–Crippen MR) is 51.5 cm³/mol. The van der Waals surface area contributed by atoms with E-state index in [0.717, 1.165) is 38.4 Å². The Morgan fingerprint density at radius 3 is 2.62 bits per heavy atom. The molecule has 2 aliphatic rings. The molecule has 2 atom stereocenters. The maximum Gasteiger partial charge on any atom is 0.0593 e. The molecule has 13 heavy (non-hydrogen) atoms. The van der Waals surface area contributed by atoms with E-state index in [0.29, 0.717) is 5.92 Å². The van der Waals surface area contributed by atoms with Crippen molar-refractivity contribution in [2.45, 2.75) is 44.6 Å². The third-order valence-electron chi connectivity index (χ3n) is 3.54. The van der Waals surface area contributed by atoms with Gasteiger partial charge in [0.1, 0.15) is 0 Å². The molecule has 0 aromatic carbocycles. The first-order chi connectivity index (χ1) is 6.36. The number of hydrogen-bond acceptors (Lipinski definition) is 2. The third kappa shape index (κ3) is 2.44. The molecule has 0 aromatic heterocycles. The van der Waals surface area contributed by atoms with Gasteiger partial charge in [-0.1, -0.05) is 19.3 Å². The molecular formula is C11H20O2. The van der Waals surface area contributed by atoms with Gasteiger partial charge in [0, 0.05) is 12.5 Å². The number of aliphatic hydroxyl groups excluding tert-OH is 1. The maximum absolute atomic E-state index is 9.93. The van der Waals surface area contributed by atoms with Crippen LogP contribution >= 0.6 is 0 Å². The molecule has 0 amide bonds. The lowest BCUT2D eigenvalue weighted by molar-refractivity contribution is -0.0222. The summed E-state index contributed by atoms with van der Waals surface area (Å²) in [5.41, 5.74) is 0. The van der Waals surface area contributed by atoms with Crippen LogP contribution in [0.2, 0.25) is 0 Å². The van der Waals surface area contributed by atoms with Gasteiger partial charge in [0.05, 0.1) is 12.7 Å². The van der Waals surface area contributed by atoms with Crippen LogP contribution in [0.4, 0.5) is 0 Å². The summed E-state index contributed by atoms with van der Waals surface area (Å²) in [4.78, 5) is 0. The average Bonchev–Trinajstić information content (AvgIpc) is 2.12. The SMILES string of the molecule is OC(CC1CCC1)C1CCCOC1. The van der Waals surface area contributed by atoms with Gasteiger partial charge in [0.15, 0.2) is 0 Å². The summed E-state index contributed by atoms with van der Waals surface area (Å²) in [7, 11) is 0. The number of ether oxygens (including phenoxy) is 1. The summed E-state index contributed by atoms with van der Waals surface area (Å²) >= 11 is 0. The molecular weight excluding hydrogens is 164 g/mol. The van der Waals surface area contributed by atoms with Crippen LogP contribution in [0.1, 0.15) is 38.5 Å². The molecule has 0 bridgehead atoms. The minimum Gasteiger partial charge on any atom is -0.393 e. The van der Waals surface area contributed by atoms with Crippen molar-refractivity contribution in [1.29, 1.82) is 0 Å². The molecule has 1 aliphatic carbocycles. The van der Waals surface area contributed by atoms with Crippen molar-refractivity contribution in [3.05, 3.63) is 0 Å². The van der Waals surface area contributed by atoms with Gasteiger partial charge in [0.25, 0.3) is 0 Å². The van der Waals surface area contributed by atoms with Gasteiger partial charge in [-0.05, 0) is 25.2 Å². The van der Waals surface area contributed by atoms with Crippen LogP contribution in [0.25, 0.3) is 0 Å². The van der Waals surface area contributed by atoms with E-state index in [1.807, 2.05) is 0 Å². The van der Waals surface area contributed by atoms with E-state index in [9.17, 15) is 5.11 Å². The second-order valence-corrected chi connectivity index (χ2v) is 4.58. The predicted octanol–water partition coefficient (Wildman–Crippen LogP) is 1.96. The minimum atomic E-state index is -0.0920. The molecule has 2 heteroatoms. The van der Waals surface area contributed by atoms with Crippen LogP contribution in [0, 0.1) is 11.8 Å². The molecule has 1 N–H and O–H groups in total. The summed E-state index contributed by atoms with van der Waals surface area (Å²) in [6, 6.07) is 0. The van der Waals surface area contributed by atoms with Crippen molar-refractivity contribution in [2.24, 2.45) is 11.8 Å². The first-order valence-electron chi connectivity index (χ1n) is 5.62. The highest BCUT2D eigenvalue weighted by molar-refractivity contribution is 4.78. The van der Waals surface area contributed by atoms with E-state index in [1.165, 1.54) is 19.3 Å². The maximum atomic E-state index is 9.93. The van der Waals surface area contributed by atoms with E-state index in [2.05, 4.69) is 0 Å². The van der Waals surface area contributed by atoms with E-state index in [-0.39, 0.29) is 6.10 Å². The fraction of sp³-hybridized carbons (Fsp3) is 1.00. The van der Waals surface area contributed by atoms with Crippen molar-refractivity contribution >= 4 is 0 Å². The van der Waals surface area contributed by atoms with Gasteiger partial charge < -0.3 is 9.84 Å². The third-order valence-corrected chi connectivity index (χ3v) is 3.54. The molecule has 1 saturated carbocycles. The van der Waals surface area contributed by atoms with Crippen LogP contribution in [0.3, 0.4) is 0 Å². The topological polar surface area (TPSA) is 29.5 Å². The standard InChI is InChI=1S/C11H20O2/c12-11(7-9-3-1-4-9)10-5-2-6-13-8-10/h9-12H,1-8H2. The van der Waals surface area contributed by atoms with Gasteiger partial charge in [-0.3, -0.25) is 0 Å². The molecule has 1 heterocycles. The van der Waals surface area contributed by atoms with Gasteiger partial charge in [-0.25, -0.2) is 0 Å². The molecule has 0 radical (unpaired) electrons. The highest BCUT2D eigenvalue weighted by atomic mass is 16.5. The quantitative estimate of drug-likeness (QED) is 0.726. The number of hydrogen-bond donors (Lipinski definition) is 1. The van der Waals surface area contributed by atoms with E-state index in [4.69, 9.17) is 4.74 Å². The van der Waals surface area contributed by atoms with E-state index < -0.39 is 0 Å². The molecule has 2 rings (SSSR count). The lowest BCUT2D eigenvalue weighted by Gasteiger charge is -2.32. The molecule has 76 valence electrons. The van der Waals surface area contributed by atoms with Crippen molar-refractivity contribution in [3.8, 4) is 0 Å². The average molecular weight is 184 g/mol. The zero-order chi connectivity index (χ0) is 9.10. The van der Waals surface area contributed by atoms with Crippen molar-refractivity contribution in [1.82, 2.24) is 0 Å². The summed E-state index contributed by atoms with van der Waals surface area (Å²) < 4.78 is 5.38. The molecule has 2 fully saturated rings. The highest BCUT2D eigenvalue weighted by Crippen LogP contribution is 2.33. The second-order valence-electron chi connectivity index (χ2n) is 4.58. The molecule has 0 aromatic rings. The van der Waals surface area contributed by atoms with Crippen LogP contribution in [-0.4, -0.2) is 24.4 Å². The molecule has 1 saturated heterocycles. The van der Waals surface area contributed by atoms with Gasteiger partial charge in [0.2, 0.25) is 0 Å². The lowest BCUT2D eigenvalue weighted by Crippen LogP contribution is -2.32. The largest absolute Gasteiger partial charge is 0.393 e. The molecule has 1 aliphatic heterocycles. The Morgan fingerprint density at radius 2 is 2.08 bits per heavy atom. The Kier molecular flexibility index (Phi) is 3.23. The van der Waals surface area contributed by atoms with Gasteiger partial charge in [-0.2, -0.15) is 0 Å². The molecule has 2 nitrogen and oxygen atoms in total. The summed E-state index contributed by atoms with van der Waals surface area (Å²) in [5.74, 6) is 1.24. The fourth-order valence-corrected chi connectivity index (χ4v) is 2.33. The Bertz CT molecular complexity index is 148. The number of rotatable bonds is 3. The van der Waals surface area contributed by atoms with E-state index in [1.54, 1.807) is 0 Å². The van der Waals surface area contributed by atoms with Crippen LogP contribution in [0.5, 0.6) is 0 Å². The van der Waals surface area contributed by atoms with Crippen LogP contribution in [0.15, 0.2) is 0 Å². The normalized spacial score (nSPS) is 32.5. The fourth-order valence-electron chi connectivity index (χ4n) is 2.33. The Hall–Kier alpha value is -0.0800. The summed E-state index contributed by atoms with van der Waals surface area (Å²) in [6.45, 7) is 1.68. The second kappa shape index (κ2) is 4.43. The van der Waals surface area contributed by atoms with Crippen LogP contribution in [-0.2, 0) is 4.74 Å². The van der Waals surface area contributed by atoms with Gasteiger partial charge in [-0.15, -0.1) is 0 Å². The summed E-state index contributed by atoms with van der Waals surface area (Å²) in [6.07, 6.45) is 7.27. The van der Waals surface area contributed by atoms with Gasteiger partial charge >= 0.3 is 0 Å². The summed E-state index contributed by atoms with van der Waals surface area (Å²) in [5, 5.41) is 9.93. The zero-order valence-electron chi connectivity index (χ0n) is 8.24. The van der Waals surface area contributed by atoms with Crippen molar-refractivity contribution in [2.75, 3.05) is 13.2 Å².